The van der Waals surface area contributed by atoms with E-state index in [-0.39, 0.29) is 5.91 Å². The molecule has 0 aliphatic heterocycles. The number of nitrogens with one attached hydrogen (secondary N) is 2. The van der Waals surface area contributed by atoms with Crippen molar-refractivity contribution in [2.24, 2.45) is 5.73 Å². The summed E-state index contributed by atoms with van der Waals surface area (Å²) in [5.41, 5.74) is 8.22. The first-order valence-electron chi connectivity index (χ1n) is 5.85. The standard InChI is InChI=1S/C14H15N3O2/c1-8-7-11(9(2)16-8)14(19)17-12-6-4-3-5-10(12)13(15)18/h3-7,16H,1-2H3,(H2,15,18)(H,17,19). The molecule has 1 aromatic heterocycles. The summed E-state index contributed by atoms with van der Waals surface area (Å²) in [6, 6.07) is 8.41. The van der Waals surface area contributed by atoms with Gasteiger partial charge in [-0.3, -0.25) is 9.59 Å². The molecule has 0 aliphatic rings. The number of para-hydroxylation sites is 1. The topological polar surface area (TPSA) is 88.0 Å². The number of benzene rings is 1. The maximum Gasteiger partial charge on any atom is 0.257 e. The molecule has 2 aromatic rings. The maximum absolute atomic E-state index is 12.1. The summed E-state index contributed by atoms with van der Waals surface area (Å²) in [4.78, 5) is 26.5. The van der Waals surface area contributed by atoms with Gasteiger partial charge in [-0.05, 0) is 32.0 Å². The monoisotopic (exact) mass is 257 g/mol. The molecular weight excluding hydrogens is 242 g/mol. The number of carbonyl (C=O) groups excluding carboxylic acids is 2. The van der Waals surface area contributed by atoms with Crippen molar-refractivity contribution in [3.8, 4) is 0 Å². The highest BCUT2D eigenvalue weighted by molar-refractivity contribution is 6.09. The Bertz CT molecular complexity index is 644. The van der Waals surface area contributed by atoms with E-state index in [1.54, 1.807) is 30.3 Å². The van der Waals surface area contributed by atoms with Crippen molar-refractivity contribution in [1.29, 1.82) is 0 Å². The van der Waals surface area contributed by atoms with Crippen LogP contribution >= 0.6 is 0 Å². The fourth-order valence-corrected chi connectivity index (χ4v) is 1.96. The van der Waals surface area contributed by atoms with Crippen molar-refractivity contribution in [3.05, 3.63) is 52.8 Å². The van der Waals surface area contributed by atoms with Gasteiger partial charge < -0.3 is 16.0 Å². The highest BCUT2D eigenvalue weighted by Gasteiger charge is 2.14. The number of aromatic amines is 1. The summed E-state index contributed by atoms with van der Waals surface area (Å²) in [7, 11) is 0. The number of rotatable bonds is 3. The van der Waals surface area contributed by atoms with Gasteiger partial charge in [0.1, 0.15) is 0 Å². The Morgan fingerprint density at radius 2 is 1.84 bits per heavy atom. The summed E-state index contributed by atoms with van der Waals surface area (Å²) in [5.74, 6) is -0.839. The molecule has 5 heteroatoms. The largest absolute Gasteiger partial charge is 0.366 e. The molecule has 0 saturated heterocycles. The number of anilines is 1. The first-order chi connectivity index (χ1) is 8.99. The summed E-state index contributed by atoms with van der Waals surface area (Å²) >= 11 is 0. The van der Waals surface area contributed by atoms with Crippen molar-refractivity contribution < 1.29 is 9.59 Å². The molecule has 0 bridgehead atoms. The molecule has 0 saturated carbocycles. The lowest BCUT2D eigenvalue weighted by Gasteiger charge is -2.08. The van der Waals surface area contributed by atoms with E-state index in [4.69, 9.17) is 5.73 Å². The van der Waals surface area contributed by atoms with Crippen LogP contribution in [0.4, 0.5) is 5.69 Å². The Hall–Kier alpha value is -2.56. The molecule has 1 heterocycles. The van der Waals surface area contributed by atoms with Crippen LogP contribution in [0.25, 0.3) is 0 Å². The van der Waals surface area contributed by atoms with Crippen molar-refractivity contribution in [2.75, 3.05) is 5.32 Å². The van der Waals surface area contributed by atoms with Crippen LogP contribution < -0.4 is 11.1 Å². The smallest absolute Gasteiger partial charge is 0.257 e. The van der Waals surface area contributed by atoms with E-state index in [0.29, 0.717) is 16.8 Å². The Balaban J connectivity index is 2.29. The quantitative estimate of drug-likeness (QED) is 0.785. The van der Waals surface area contributed by atoms with Crippen LogP contribution in [0.2, 0.25) is 0 Å². The zero-order valence-electron chi connectivity index (χ0n) is 10.8. The number of nitrogens with two attached hydrogens (primary N) is 1. The zero-order chi connectivity index (χ0) is 14.0. The van der Waals surface area contributed by atoms with E-state index in [1.807, 2.05) is 13.8 Å². The first kappa shape index (κ1) is 12.9. The van der Waals surface area contributed by atoms with E-state index in [2.05, 4.69) is 10.3 Å². The second-order valence-corrected chi connectivity index (χ2v) is 4.35. The van der Waals surface area contributed by atoms with Crippen LogP contribution in [-0.2, 0) is 0 Å². The number of hydrogen-bond acceptors (Lipinski definition) is 2. The minimum absolute atomic E-state index is 0.268. The van der Waals surface area contributed by atoms with Gasteiger partial charge in [-0.1, -0.05) is 12.1 Å². The molecule has 4 N–H and O–H groups in total. The normalized spacial score (nSPS) is 10.2. The SMILES string of the molecule is Cc1cc(C(=O)Nc2ccccc2C(N)=O)c(C)[nH]1. The van der Waals surface area contributed by atoms with Gasteiger partial charge in [-0.2, -0.15) is 0 Å². The van der Waals surface area contributed by atoms with Gasteiger partial charge in [-0.15, -0.1) is 0 Å². The van der Waals surface area contributed by atoms with E-state index in [1.165, 1.54) is 0 Å². The molecule has 0 atom stereocenters. The van der Waals surface area contributed by atoms with Gasteiger partial charge in [0.15, 0.2) is 0 Å². The second-order valence-electron chi connectivity index (χ2n) is 4.35. The lowest BCUT2D eigenvalue weighted by molar-refractivity contribution is 0.100. The van der Waals surface area contributed by atoms with Gasteiger partial charge in [0.2, 0.25) is 0 Å². The lowest BCUT2D eigenvalue weighted by atomic mass is 10.1. The number of primary amides is 1. The third-order valence-electron chi connectivity index (χ3n) is 2.83. The van der Waals surface area contributed by atoms with Gasteiger partial charge in [0.05, 0.1) is 16.8 Å². The van der Waals surface area contributed by atoms with Crippen LogP contribution in [0.5, 0.6) is 0 Å². The van der Waals surface area contributed by atoms with Crippen molar-refractivity contribution >= 4 is 17.5 Å². The number of carbonyl (C=O) groups is 2. The summed E-state index contributed by atoms with van der Waals surface area (Å²) in [5, 5.41) is 2.70. The summed E-state index contributed by atoms with van der Waals surface area (Å²) < 4.78 is 0. The Morgan fingerprint density at radius 3 is 2.42 bits per heavy atom. The van der Waals surface area contributed by atoms with E-state index in [0.717, 1.165) is 11.4 Å². The molecule has 2 rings (SSSR count). The fourth-order valence-electron chi connectivity index (χ4n) is 1.96. The average Bonchev–Trinajstić information content (AvgIpc) is 2.69. The molecule has 19 heavy (non-hydrogen) atoms. The number of amides is 2. The maximum atomic E-state index is 12.1. The number of hydrogen-bond donors (Lipinski definition) is 3. The molecule has 0 spiro atoms. The summed E-state index contributed by atoms with van der Waals surface area (Å²) in [6.07, 6.45) is 0. The average molecular weight is 257 g/mol. The summed E-state index contributed by atoms with van der Waals surface area (Å²) in [6.45, 7) is 3.70. The molecule has 0 aliphatic carbocycles. The van der Waals surface area contributed by atoms with Crippen LogP contribution in [-0.4, -0.2) is 16.8 Å². The minimum atomic E-state index is -0.571. The molecule has 2 amide bonds. The number of aromatic nitrogens is 1. The molecule has 0 radical (unpaired) electrons. The van der Waals surface area contributed by atoms with Gasteiger partial charge in [0.25, 0.3) is 11.8 Å². The van der Waals surface area contributed by atoms with E-state index in [9.17, 15) is 9.59 Å². The Morgan fingerprint density at radius 1 is 1.16 bits per heavy atom. The zero-order valence-corrected chi connectivity index (χ0v) is 10.8. The van der Waals surface area contributed by atoms with E-state index >= 15 is 0 Å². The Kier molecular flexibility index (Phi) is 3.37. The molecule has 5 nitrogen and oxygen atoms in total. The predicted molar refractivity (Wildman–Crippen MR) is 73.2 cm³/mol. The molecule has 0 fully saturated rings. The van der Waals surface area contributed by atoms with E-state index < -0.39 is 5.91 Å². The molecular formula is C14H15N3O2. The van der Waals surface area contributed by atoms with Crippen molar-refractivity contribution in [3.63, 3.8) is 0 Å². The van der Waals surface area contributed by atoms with Gasteiger partial charge in [-0.25, -0.2) is 0 Å². The highest BCUT2D eigenvalue weighted by atomic mass is 16.2. The Labute approximate surface area is 110 Å². The third kappa shape index (κ3) is 2.65. The number of H-pyrrole nitrogens is 1. The molecule has 98 valence electrons. The second kappa shape index (κ2) is 4.97. The van der Waals surface area contributed by atoms with Crippen LogP contribution in [0.3, 0.4) is 0 Å². The third-order valence-corrected chi connectivity index (χ3v) is 2.83. The lowest BCUT2D eigenvalue weighted by Crippen LogP contribution is -2.18. The molecule has 0 unspecified atom stereocenters. The van der Waals surface area contributed by atoms with Crippen LogP contribution in [0.15, 0.2) is 30.3 Å². The van der Waals surface area contributed by atoms with Gasteiger partial charge >= 0.3 is 0 Å². The van der Waals surface area contributed by atoms with Crippen molar-refractivity contribution in [2.45, 2.75) is 13.8 Å². The highest BCUT2D eigenvalue weighted by Crippen LogP contribution is 2.17. The number of aryl methyl sites for hydroxylation is 2. The minimum Gasteiger partial charge on any atom is -0.366 e. The molecule has 1 aromatic carbocycles. The van der Waals surface area contributed by atoms with Crippen LogP contribution in [0, 0.1) is 13.8 Å². The van der Waals surface area contributed by atoms with Crippen molar-refractivity contribution in [1.82, 2.24) is 4.98 Å². The first-order valence-corrected chi connectivity index (χ1v) is 5.85. The van der Waals surface area contributed by atoms with Gasteiger partial charge in [0, 0.05) is 11.4 Å². The fraction of sp³-hybridized carbons (Fsp3) is 0.143. The predicted octanol–water partition coefficient (Wildman–Crippen LogP) is 1.98. The van der Waals surface area contributed by atoms with Crippen LogP contribution in [0.1, 0.15) is 32.1 Å².